The average molecular weight is 189 g/mol. The molecule has 1 heterocycles. The first-order valence-electron chi connectivity index (χ1n) is 4.97. The predicted octanol–water partition coefficient (Wildman–Crippen LogP) is 1.77. The van der Waals surface area contributed by atoms with Crippen molar-refractivity contribution in [3.05, 3.63) is 48.2 Å². The van der Waals surface area contributed by atoms with Crippen LogP contribution >= 0.6 is 0 Å². The second kappa shape index (κ2) is 4.29. The Morgan fingerprint density at radius 3 is 2.79 bits per heavy atom. The number of aliphatic hydroxyl groups is 1. The van der Waals surface area contributed by atoms with Gasteiger partial charge in [0, 0.05) is 13.1 Å². The maximum absolute atomic E-state index is 9.46. The first-order valence-corrected chi connectivity index (χ1v) is 4.97. The highest BCUT2D eigenvalue weighted by Gasteiger charge is 2.11. The number of aliphatic hydroxyl groups excluding tert-OH is 1. The van der Waals surface area contributed by atoms with Crippen LogP contribution in [0.4, 0.5) is 0 Å². The van der Waals surface area contributed by atoms with Crippen LogP contribution in [0.3, 0.4) is 0 Å². The van der Waals surface area contributed by atoms with Crippen LogP contribution in [0, 0.1) is 0 Å². The highest BCUT2D eigenvalue weighted by atomic mass is 16.3. The molecule has 0 spiro atoms. The minimum Gasteiger partial charge on any atom is -0.391 e. The molecule has 1 unspecified atom stereocenters. The van der Waals surface area contributed by atoms with Crippen molar-refractivity contribution < 1.29 is 5.11 Å². The van der Waals surface area contributed by atoms with Gasteiger partial charge >= 0.3 is 0 Å². The van der Waals surface area contributed by atoms with Gasteiger partial charge in [-0.25, -0.2) is 0 Å². The fourth-order valence-corrected chi connectivity index (χ4v) is 1.71. The monoisotopic (exact) mass is 189 g/mol. The number of hydrogen-bond acceptors (Lipinski definition) is 2. The summed E-state index contributed by atoms with van der Waals surface area (Å²) in [6.07, 6.45) is 4.67. The Morgan fingerprint density at radius 1 is 1.29 bits per heavy atom. The molecule has 2 nitrogen and oxygen atoms in total. The van der Waals surface area contributed by atoms with Crippen LogP contribution in [0.15, 0.2) is 42.6 Å². The summed E-state index contributed by atoms with van der Waals surface area (Å²) in [7, 11) is 0. The SMILES string of the molecule is OC1CC=CN(Cc2ccccc2)C1. The first kappa shape index (κ1) is 9.28. The summed E-state index contributed by atoms with van der Waals surface area (Å²) in [4.78, 5) is 2.14. The molecule has 2 rings (SSSR count). The lowest BCUT2D eigenvalue weighted by molar-refractivity contribution is 0.124. The molecular formula is C12H15NO. The summed E-state index contributed by atoms with van der Waals surface area (Å²) in [5.41, 5.74) is 1.28. The van der Waals surface area contributed by atoms with Gasteiger partial charge in [-0.15, -0.1) is 0 Å². The fraction of sp³-hybridized carbons (Fsp3) is 0.333. The van der Waals surface area contributed by atoms with Gasteiger partial charge in [0.1, 0.15) is 0 Å². The molecule has 0 fully saturated rings. The number of β-amino-alcohol motifs (C(OH)–C–C–N with tert-alkyl or cyclic N) is 1. The van der Waals surface area contributed by atoms with E-state index in [1.165, 1.54) is 5.56 Å². The number of benzene rings is 1. The zero-order valence-electron chi connectivity index (χ0n) is 8.13. The molecule has 1 atom stereocenters. The Hall–Kier alpha value is -1.28. The van der Waals surface area contributed by atoms with Crippen molar-refractivity contribution in [3.63, 3.8) is 0 Å². The molecule has 74 valence electrons. The highest BCUT2D eigenvalue weighted by Crippen LogP contribution is 2.11. The van der Waals surface area contributed by atoms with Crippen LogP contribution in [-0.2, 0) is 6.54 Å². The largest absolute Gasteiger partial charge is 0.391 e. The predicted molar refractivity (Wildman–Crippen MR) is 56.6 cm³/mol. The van der Waals surface area contributed by atoms with Gasteiger partial charge in [0.05, 0.1) is 6.10 Å². The van der Waals surface area contributed by atoms with E-state index < -0.39 is 0 Å². The molecule has 0 amide bonds. The lowest BCUT2D eigenvalue weighted by atomic mass is 10.1. The van der Waals surface area contributed by atoms with Crippen molar-refractivity contribution in [2.75, 3.05) is 6.54 Å². The van der Waals surface area contributed by atoms with Gasteiger partial charge in [-0.3, -0.25) is 0 Å². The standard InChI is InChI=1S/C12H15NO/c14-12-7-4-8-13(10-12)9-11-5-2-1-3-6-11/h1-6,8,12,14H,7,9-10H2. The third-order valence-corrected chi connectivity index (χ3v) is 2.40. The average Bonchev–Trinajstić information content (AvgIpc) is 2.19. The van der Waals surface area contributed by atoms with Crippen molar-refractivity contribution in [1.82, 2.24) is 4.90 Å². The molecule has 0 aromatic heterocycles. The van der Waals surface area contributed by atoms with E-state index in [2.05, 4.69) is 23.2 Å². The molecular weight excluding hydrogens is 174 g/mol. The summed E-state index contributed by atoms with van der Waals surface area (Å²) in [6, 6.07) is 10.3. The Labute approximate surface area is 84.5 Å². The fourth-order valence-electron chi connectivity index (χ4n) is 1.71. The van der Waals surface area contributed by atoms with Crippen LogP contribution in [0.1, 0.15) is 12.0 Å². The third-order valence-electron chi connectivity index (χ3n) is 2.40. The molecule has 0 saturated heterocycles. The minimum absolute atomic E-state index is 0.205. The van der Waals surface area contributed by atoms with E-state index >= 15 is 0 Å². The van der Waals surface area contributed by atoms with Crippen molar-refractivity contribution in [3.8, 4) is 0 Å². The van der Waals surface area contributed by atoms with Gasteiger partial charge in [0.2, 0.25) is 0 Å². The Kier molecular flexibility index (Phi) is 2.84. The van der Waals surface area contributed by atoms with E-state index in [4.69, 9.17) is 0 Å². The molecule has 1 aromatic rings. The van der Waals surface area contributed by atoms with Crippen LogP contribution in [0.25, 0.3) is 0 Å². The van der Waals surface area contributed by atoms with E-state index in [0.29, 0.717) is 0 Å². The number of rotatable bonds is 2. The quantitative estimate of drug-likeness (QED) is 0.766. The molecule has 1 N–H and O–H groups in total. The summed E-state index contributed by atoms with van der Waals surface area (Å²) < 4.78 is 0. The van der Waals surface area contributed by atoms with Gasteiger partial charge in [-0.1, -0.05) is 36.4 Å². The van der Waals surface area contributed by atoms with E-state index in [0.717, 1.165) is 19.5 Å². The summed E-state index contributed by atoms with van der Waals surface area (Å²) >= 11 is 0. The maximum Gasteiger partial charge on any atom is 0.0749 e. The summed E-state index contributed by atoms with van der Waals surface area (Å²) in [5, 5.41) is 9.46. The Bertz CT molecular complexity index is 307. The minimum atomic E-state index is -0.205. The molecule has 0 saturated carbocycles. The van der Waals surface area contributed by atoms with Crippen molar-refractivity contribution in [1.29, 1.82) is 0 Å². The zero-order chi connectivity index (χ0) is 9.80. The second-order valence-corrected chi connectivity index (χ2v) is 3.69. The van der Waals surface area contributed by atoms with Gasteiger partial charge in [-0.05, 0) is 18.2 Å². The van der Waals surface area contributed by atoms with Crippen molar-refractivity contribution in [2.24, 2.45) is 0 Å². The van der Waals surface area contributed by atoms with Crippen LogP contribution in [-0.4, -0.2) is 22.7 Å². The smallest absolute Gasteiger partial charge is 0.0749 e. The molecule has 1 aliphatic heterocycles. The van der Waals surface area contributed by atoms with E-state index in [1.54, 1.807) is 0 Å². The molecule has 14 heavy (non-hydrogen) atoms. The second-order valence-electron chi connectivity index (χ2n) is 3.69. The topological polar surface area (TPSA) is 23.5 Å². The zero-order valence-corrected chi connectivity index (χ0v) is 8.13. The molecule has 0 bridgehead atoms. The van der Waals surface area contributed by atoms with E-state index in [1.807, 2.05) is 24.3 Å². The van der Waals surface area contributed by atoms with Crippen LogP contribution < -0.4 is 0 Å². The van der Waals surface area contributed by atoms with E-state index in [9.17, 15) is 5.11 Å². The lowest BCUT2D eigenvalue weighted by Gasteiger charge is -2.26. The number of nitrogens with zero attached hydrogens (tertiary/aromatic N) is 1. The maximum atomic E-state index is 9.46. The summed E-state index contributed by atoms with van der Waals surface area (Å²) in [5.74, 6) is 0. The van der Waals surface area contributed by atoms with Crippen molar-refractivity contribution >= 4 is 0 Å². The summed E-state index contributed by atoms with van der Waals surface area (Å²) in [6.45, 7) is 1.62. The van der Waals surface area contributed by atoms with Gasteiger partial charge in [0.25, 0.3) is 0 Å². The first-order chi connectivity index (χ1) is 6.84. The highest BCUT2D eigenvalue weighted by molar-refractivity contribution is 5.15. The molecule has 0 aliphatic carbocycles. The third kappa shape index (κ3) is 2.36. The van der Waals surface area contributed by atoms with Gasteiger partial charge in [0.15, 0.2) is 0 Å². The Morgan fingerprint density at radius 2 is 2.07 bits per heavy atom. The van der Waals surface area contributed by atoms with Gasteiger partial charge in [-0.2, -0.15) is 0 Å². The lowest BCUT2D eigenvalue weighted by Crippen LogP contribution is -2.30. The van der Waals surface area contributed by atoms with Crippen LogP contribution in [0.2, 0.25) is 0 Å². The normalized spacial score (nSPS) is 21.2. The Balaban J connectivity index is 1.98. The molecule has 0 radical (unpaired) electrons. The van der Waals surface area contributed by atoms with E-state index in [-0.39, 0.29) is 6.10 Å². The molecule has 1 aliphatic rings. The van der Waals surface area contributed by atoms with Crippen molar-refractivity contribution in [2.45, 2.75) is 19.1 Å². The molecule has 1 aromatic carbocycles. The molecule has 2 heteroatoms. The van der Waals surface area contributed by atoms with Gasteiger partial charge < -0.3 is 10.0 Å². The number of hydrogen-bond donors (Lipinski definition) is 1. The van der Waals surface area contributed by atoms with Crippen LogP contribution in [0.5, 0.6) is 0 Å².